The summed E-state index contributed by atoms with van der Waals surface area (Å²) in [6, 6.07) is 11.9. The summed E-state index contributed by atoms with van der Waals surface area (Å²) in [5, 5.41) is 11.2. The van der Waals surface area contributed by atoms with Gasteiger partial charge < -0.3 is 0 Å². The Hall–Kier alpha value is -2.50. The van der Waals surface area contributed by atoms with Gasteiger partial charge in [-0.15, -0.1) is 0 Å². The second kappa shape index (κ2) is 5.24. The molecule has 0 aliphatic heterocycles. The van der Waals surface area contributed by atoms with Gasteiger partial charge in [-0.25, -0.2) is 14.8 Å². The van der Waals surface area contributed by atoms with Crippen molar-refractivity contribution in [3.63, 3.8) is 0 Å². The van der Waals surface area contributed by atoms with Crippen LogP contribution in [0.1, 0.15) is 5.56 Å². The molecule has 0 spiro atoms. The van der Waals surface area contributed by atoms with Gasteiger partial charge in [-0.1, -0.05) is 30.3 Å². The number of para-hydroxylation sites is 2. The smallest absolute Gasteiger partial charge is 0.243 e. The maximum Gasteiger partial charge on any atom is 0.462 e. The zero-order chi connectivity index (χ0) is 14.8. The molecule has 3 nitrogen and oxygen atoms in total. The molecule has 1 radical (unpaired) electrons. The lowest BCUT2D eigenvalue weighted by molar-refractivity contribution is -0.137. The molecule has 0 heterocycles. The van der Waals surface area contributed by atoms with Gasteiger partial charge in [0.25, 0.3) is 0 Å². The number of nitrogens with zero attached hydrogens (tertiary/aromatic N) is 1. The van der Waals surface area contributed by atoms with Gasteiger partial charge in [-0.05, 0) is 24.3 Å². The Bertz CT molecular complexity index is 611. The van der Waals surface area contributed by atoms with Crippen LogP contribution >= 0.6 is 0 Å². The minimum absolute atomic E-state index is 0.0872. The van der Waals surface area contributed by atoms with Gasteiger partial charge >= 0.3 is 12.3 Å². The number of benzene rings is 2. The first-order valence-corrected chi connectivity index (χ1v) is 5.63. The van der Waals surface area contributed by atoms with Crippen LogP contribution in [0.2, 0.25) is 0 Å². The van der Waals surface area contributed by atoms with E-state index in [9.17, 15) is 23.1 Å². The number of hydrogen-bond acceptors (Lipinski definition) is 1. The second-order valence-corrected chi connectivity index (χ2v) is 3.95. The Kier molecular flexibility index (Phi) is 3.65. The minimum Gasteiger partial charge on any atom is -0.243 e. The SMILES string of the molecule is [O]C(=O)N(c1ccccc1)c1ccccc1C(F)(F)F. The Balaban J connectivity index is 2.60. The van der Waals surface area contributed by atoms with E-state index in [2.05, 4.69) is 0 Å². The molecule has 2 aromatic carbocycles. The van der Waals surface area contributed by atoms with Crippen LogP contribution in [0.3, 0.4) is 0 Å². The summed E-state index contributed by atoms with van der Waals surface area (Å²) < 4.78 is 38.8. The number of amides is 1. The highest BCUT2D eigenvalue weighted by Gasteiger charge is 2.36. The highest BCUT2D eigenvalue weighted by Crippen LogP contribution is 2.39. The lowest BCUT2D eigenvalue weighted by atomic mass is 10.1. The van der Waals surface area contributed by atoms with Gasteiger partial charge in [-0.2, -0.15) is 13.2 Å². The average Bonchev–Trinajstić information content (AvgIpc) is 2.39. The van der Waals surface area contributed by atoms with E-state index in [4.69, 9.17) is 0 Å². The van der Waals surface area contributed by atoms with E-state index >= 15 is 0 Å². The summed E-state index contributed by atoms with van der Waals surface area (Å²) in [7, 11) is 0. The fourth-order valence-corrected chi connectivity index (χ4v) is 1.83. The number of carbonyl (C=O) groups is 1. The van der Waals surface area contributed by atoms with E-state index in [0.717, 1.165) is 12.1 Å². The number of rotatable bonds is 2. The lowest BCUT2D eigenvalue weighted by Gasteiger charge is -2.22. The summed E-state index contributed by atoms with van der Waals surface area (Å²) in [6.45, 7) is 0. The monoisotopic (exact) mass is 280 g/mol. The predicted molar refractivity (Wildman–Crippen MR) is 66.1 cm³/mol. The molecule has 20 heavy (non-hydrogen) atoms. The summed E-state index contributed by atoms with van der Waals surface area (Å²) >= 11 is 0. The summed E-state index contributed by atoms with van der Waals surface area (Å²) in [5.74, 6) is 0. The van der Waals surface area contributed by atoms with Gasteiger partial charge in [0, 0.05) is 0 Å². The van der Waals surface area contributed by atoms with Crippen molar-refractivity contribution < 1.29 is 23.1 Å². The van der Waals surface area contributed by atoms with Crippen LogP contribution in [-0.2, 0) is 11.3 Å². The third kappa shape index (κ3) is 2.74. The van der Waals surface area contributed by atoms with E-state index in [1.807, 2.05) is 0 Å². The van der Waals surface area contributed by atoms with Gasteiger partial charge in [0.05, 0.1) is 16.9 Å². The van der Waals surface area contributed by atoms with Crippen molar-refractivity contribution in [1.29, 1.82) is 0 Å². The molecule has 1 amide bonds. The number of carbonyl (C=O) groups excluding carboxylic acids is 1. The van der Waals surface area contributed by atoms with Crippen molar-refractivity contribution in [3.05, 3.63) is 60.2 Å². The van der Waals surface area contributed by atoms with Crippen LogP contribution in [0, 0.1) is 0 Å². The van der Waals surface area contributed by atoms with Crippen molar-refractivity contribution in [2.75, 3.05) is 4.90 Å². The Morgan fingerprint density at radius 2 is 1.45 bits per heavy atom. The van der Waals surface area contributed by atoms with Gasteiger partial charge in [0.15, 0.2) is 0 Å². The molecule has 2 aromatic rings. The first-order chi connectivity index (χ1) is 9.41. The van der Waals surface area contributed by atoms with Crippen LogP contribution in [0.15, 0.2) is 54.6 Å². The molecule has 0 saturated carbocycles. The highest BCUT2D eigenvalue weighted by molar-refractivity contribution is 5.95. The molecule has 103 valence electrons. The first kappa shape index (κ1) is 13.9. The molecule has 0 fully saturated rings. The molecule has 6 heteroatoms. The number of anilines is 2. The van der Waals surface area contributed by atoms with Crippen LogP contribution in [0.4, 0.5) is 29.3 Å². The molecule has 0 aliphatic carbocycles. The van der Waals surface area contributed by atoms with Gasteiger partial charge in [0.1, 0.15) is 0 Å². The summed E-state index contributed by atoms with van der Waals surface area (Å²) in [4.78, 5) is 11.7. The Morgan fingerprint density at radius 1 is 0.900 bits per heavy atom. The largest absolute Gasteiger partial charge is 0.462 e. The van der Waals surface area contributed by atoms with Crippen LogP contribution < -0.4 is 4.90 Å². The topological polar surface area (TPSA) is 40.2 Å². The van der Waals surface area contributed by atoms with Gasteiger partial charge in [-0.3, -0.25) is 0 Å². The third-order valence-corrected chi connectivity index (χ3v) is 2.65. The van der Waals surface area contributed by atoms with E-state index in [1.165, 1.54) is 36.4 Å². The van der Waals surface area contributed by atoms with Crippen molar-refractivity contribution in [1.82, 2.24) is 0 Å². The zero-order valence-electron chi connectivity index (χ0n) is 10.1. The maximum absolute atomic E-state index is 12.9. The van der Waals surface area contributed by atoms with E-state index < -0.39 is 23.5 Å². The van der Waals surface area contributed by atoms with Gasteiger partial charge in [0.2, 0.25) is 0 Å². The van der Waals surface area contributed by atoms with Crippen LogP contribution in [-0.4, -0.2) is 6.09 Å². The fourth-order valence-electron chi connectivity index (χ4n) is 1.83. The number of halogens is 3. The average molecular weight is 280 g/mol. The molecule has 0 unspecified atom stereocenters. The van der Waals surface area contributed by atoms with Crippen molar-refractivity contribution in [3.8, 4) is 0 Å². The lowest BCUT2D eigenvalue weighted by Crippen LogP contribution is -2.25. The van der Waals surface area contributed by atoms with E-state index in [1.54, 1.807) is 6.07 Å². The zero-order valence-corrected chi connectivity index (χ0v) is 10.1. The standard InChI is InChI=1S/C14H9F3NO2/c15-14(16,17)11-8-4-5-9-12(11)18(13(19)20)10-6-2-1-3-7-10/h1-9H. The fraction of sp³-hybridized carbons (Fsp3) is 0.0714. The summed E-state index contributed by atoms with van der Waals surface area (Å²) in [6.07, 6.45) is -6.38. The molecular formula is C14H9F3NO2. The van der Waals surface area contributed by atoms with E-state index in [0.29, 0.717) is 4.90 Å². The van der Waals surface area contributed by atoms with Crippen molar-refractivity contribution in [2.45, 2.75) is 6.18 Å². The third-order valence-electron chi connectivity index (χ3n) is 2.65. The Morgan fingerprint density at radius 3 is 2.00 bits per heavy atom. The van der Waals surface area contributed by atoms with E-state index in [-0.39, 0.29) is 5.69 Å². The molecule has 0 N–H and O–H groups in total. The normalized spacial score (nSPS) is 11.2. The number of alkyl halides is 3. The maximum atomic E-state index is 12.9. The predicted octanol–water partition coefficient (Wildman–Crippen LogP) is 4.39. The summed E-state index contributed by atoms with van der Waals surface area (Å²) in [5.41, 5.74) is -1.43. The van der Waals surface area contributed by atoms with Crippen LogP contribution in [0.25, 0.3) is 0 Å². The second-order valence-electron chi connectivity index (χ2n) is 3.95. The first-order valence-electron chi connectivity index (χ1n) is 5.63. The van der Waals surface area contributed by atoms with Crippen molar-refractivity contribution in [2.24, 2.45) is 0 Å². The Labute approximate surface area is 112 Å². The van der Waals surface area contributed by atoms with Crippen LogP contribution in [0.5, 0.6) is 0 Å². The number of hydrogen-bond donors (Lipinski definition) is 0. The molecule has 0 aliphatic rings. The molecule has 0 bridgehead atoms. The molecular weight excluding hydrogens is 271 g/mol. The highest BCUT2D eigenvalue weighted by atomic mass is 19.4. The molecule has 0 saturated heterocycles. The molecule has 2 rings (SSSR count). The van der Waals surface area contributed by atoms with Crippen molar-refractivity contribution >= 4 is 17.5 Å². The molecule has 0 aromatic heterocycles. The minimum atomic E-state index is -4.65. The molecule has 0 atom stereocenters. The quantitative estimate of drug-likeness (QED) is 0.804.